The predicted octanol–water partition coefficient (Wildman–Crippen LogP) is 0.676. The highest BCUT2D eigenvalue weighted by Gasteiger charge is 2.08. The van der Waals surface area contributed by atoms with Crippen molar-refractivity contribution in [3.63, 3.8) is 0 Å². The van der Waals surface area contributed by atoms with E-state index in [1.165, 1.54) is 0 Å². The zero-order valence-electron chi connectivity index (χ0n) is 8.39. The number of aliphatic imine (C=N–C) groups is 1. The number of carbonyl (C=O) groups is 1. The van der Waals surface area contributed by atoms with Gasteiger partial charge in [0.15, 0.2) is 5.78 Å². The first-order chi connectivity index (χ1) is 7.31. The summed E-state index contributed by atoms with van der Waals surface area (Å²) in [6, 6.07) is 7.44. The molecule has 0 aromatic heterocycles. The fourth-order valence-electron chi connectivity index (χ4n) is 1.53. The van der Waals surface area contributed by atoms with Crippen LogP contribution < -0.4 is 10.6 Å². The number of hydrogen-bond acceptors (Lipinski definition) is 4. The maximum atomic E-state index is 11.3. The van der Waals surface area contributed by atoms with Gasteiger partial charge in [-0.05, 0) is 24.3 Å². The summed E-state index contributed by atoms with van der Waals surface area (Å²) in [5, 5.41) is 0. The maximum absolute atomic E-state index is 11.3. The van der Waals surface area contributed by atoms with E-state index in [1.54, 1.807) is 12.1 Å². The van der Waals surface area contributed by atoms with Crippen molar-refractivity contribution in [1.29, 1.82) is 0 Å². The summed E-state index contributed by atoms with van der Waals surface area (Å²) in [5.74, 6) is -0.0309. The molecule has 78 valence electrons. The lowest BCUT2D eigenvalue weighted by Crippen LogP contribution is -2.18. The Bertz CT molecular complexity index is 383. The minimum atomic E-state index is -0.0309. The molecule has 0 radical (unpaired) electrons. The van der Waals surface area contributed by atoms with Crippen molar-refractivity contribution in [1.82, 2.24) is 0 Å². The molecule has 0 saturated heterocycles. The van der Waals surface area contributed by atoms with Gasteiger partial charge < -0.3 is 10.6 Å². The van der Waals surface area contributed by atoms with Crippen molar-refractivity contribution in [3.05, 3.63) is 29.8 Å². The van der Waals surface area contributed by atoms with Gasteiger partial charge in [0, 0.05) is 17.8 Å². The molecular weight excluding hydrogens is 190 g/mol. The van der Waals surface area contributed by atoms with Crippen LogP contribution in [0.15, 0.2) is 29.3 Å². The molecule has 1 aromatic rings. The Morgan fingerprint density at radius 2 is 2.13 bits per heavy atom. The highest BCUT2D eigenvalue weighted by molar-refractivity contribution is 5.98. The quantitative estimate of drug-likeness (QED) is 0.735. The van der Waals surface area contributed by atoms with Crippen molar-refractivity contribution in [2.45, 2.75) is 0 Å². The van der Waals surface area contributed by atoms with Crippen LogP contribution in [-0.4, -0.2) is 31.8 Å². The zero-order chi connectivity index (χ0) is 10.7. The molecule has 0 spiro atoms. The number of nitrogens with two attached hydrogens (primary N) is 1. The van der Waals surface area contributed by atoms with Gasteiger partial charge in [0.05, 0.1) is 19.4 Å². The number of anilines is 1. The minimum absolute atomic E-state index is 0.0309. The summed E-state index contributed by atoms with van der Waals surface area (Å²) >= 11 is 0. The van der Waals surface area contributed by atoms with Gasteiger partial charge >= 0.3 is 0 Å². The standard InChI is InChI=1S/C11H13N3O/c12-7-11(15)9-1-3-10(4-2-9)14-6-5-13-8-14/h1-4,8H,5-7,12H2. The van der Waals surface area contributed by atoms with E-state index in [0.29, 0.717) is 5.56 Å². The van der Waals surface area contributed by atoms with Gasteiger partial charge in [-0.15, -0.1) is 0 Å². The minimum Gasteiger partial charge on any atom is -0.331 e. The fourth-order valence-corrected chi connectivity index (χ4v) is 1.53. The van der Waals surface area contributed by atoms with Crippen molar-refractivity contribution in [2.75, 3.05) is 24.5 Å². The highest BCUT2D eigenvalue weighted by Crippen LogP contribution is 2.15. The first-order valence-corrected chi connectivity index (χ1v) is 4.91. The van der Waals surface area contributed by atoms with E-state index >= 15 is 0 Å². The van der Waals surface area contributed by atoms with Crippen LogP contribution in [0.2, 0.25) is 0 Å². The number of benzene rings is 1. The van der Waals surface area contributed by atoms with E-state index in [1.807, 2.05) is 18.5 Å². The van der Waals surface area contributed by atoms with Gasteiger partial charge in [-0.2, -0.15) is 0 Å². The Morgan fingerprint density at radius 3 is 2.67 bits per heavy atom. The molecule has 0 atom stereocenters. The van der Waals surface area contributed by atoms with E-state index in [0.717, 1.165) is 18.8 Å². The molecule has 2 N–H and O–H groups in total. The normalized spacial score (nSPS) is 14.6. The van der Waals surface area contributed by atoms with E-state index in [4.69, 9.17) is 5.73 Å². The van der Waals surface area contributed by atoms with Gasteiger partial charge in [0.25, 0.3) is 0 Å². The van der Waals surface area contributed by atoms with Crippen LogP contribution in [0.4, 0.5) is 5.69 Å². The molecule has 0 fully saturated rings. The van der Waals surface area contributed by atoms with Crippen LogP contribution in [0, 0.1) is 0 Å². The van der Waals surface area contributed by atoms with Crippen LogP contribution in [-0.2, 0) is 0 Å². The number of nitrogens with zero attached hydrogens (tertiary/aromatic N) is 2. The molecule has 4 nitrogen and oxygen atoms in total. The SMILES string of the molecule is NCC(=O)c1ccc(N2C=NCC2)cc1. The number of hydrogen-bond donors (Lipinski definition) is 1. The summed E-state index contributed by atoms with van der Waals surface area (Å²) in [6.45, 7) is 1.80. The molecule has 0 saturated carbocycles. The van der Waals surface area contributed by atoms with Crippen LogP contribution in [0.25, 0.3) is 0 Å². The van der Waals surface area contributed by atoms with Crippen LogP contribution in [0.5, 0.6) is 0 Å². The first kappa shape index (κ1) is 9.86. The fraction of sp³-hybridized carbons (Fsp3) is 0.273. The number of carbonyl (C=O) groups excluding carboxylic acids is 1. The smallest absolute Gasteiger partial charge is 0.176 e. The first-order valence-electron chi connectivity index (χ1n) is 4.91. The number of Topliss-reactive ketones (excluding diaryl/α,β-unsaturated/α-hetero) is 1. The summed E-state index contributed by atoms with van der Waals surface area (Å²) < 4.78 is 0. The van der Waals surface area contributed by atoms with Gasteiger partial charge in [-0.25, -0.2) is 0 Å². The third-order valence-corrected chi connectivity index (χ3v) is 2.40. The number of rotatable bonds is 3. The molecule has 0 aliphatic carbocycles. The second kappa shape index (κ2) is 4.23. The van der Waals surface area contributed by atoms with Crippen LogP contribution in [0.1, 0.15) is 10.4 Å². The zero-order valence-corrected chi connectivity index (χ0v) is 8.39. The lowest BCUT2D eigenvalue weighted by Gasteiger charge is -2.13. The topological polar surface area (TPSA) is 58.7 Å². The average molecular weight is 203 g/mol. The number of ketones is 1. The summed E-state index contributed by atoms with van der Waals surface area (Å²) in [6.07, 6.45) is 1.82. The van der Waals surface area contributed by atoms with Crippen molar-refractivity contribution < 1.29 is 4.79 Å². The van der Waals surface area contributed by atoms with E-state index in [2.05, 4.69) is 9.89 Å². The summed E-state index contributed by atoms with van der Waals surface area (Å²) in [7, 11) is 0. The molecule has 2 rings (SSSR count). The summed E-state index contributed by atoms with van der Waals surface area (Å²) in [4.78, 5) is 17.5. The van der Waals surface area contributed by atoms with Crippen molar-refractivity contribution >= 4 is 17.8 Å². The van der Waals surface area contributed by atoms with Gasteiger partial charge in [0.1, 0.15) is 0 Å². The Morgan fingerprint density at radius 1 is 1.40 bits per heavy atom. The largest absolute Gasteiger partial charge is 0.331 e. The van der Waals surface area contributed by atoms with Crippen molar-refractivity contribution in [3.8, 4) is 0 Å². The second-order valence-electron chi connectivity index (χ2n) is 3.39. The Balaban J connectivity index is 2.16. The summed E-state index contributed by atoms with van der Waals surface area (Å²) in [5.41, 5.74) is 7.01. The third kappa shape index (κ3) is 2.05. The lowest BCUT2D eigenvalue weighted by atomic mass is 10.1. The van der Waals surface area contributed by atoms with Crippen molar-refractivity contribution in [2.24, 2.45) is 10.7 Å². The lowest BCUT2D eigenvalue weighted by molar-refractivity contribution is 0.100. The molecular formula is C11H13N3O. The monoisotopic (exact) mass is 203 g/mol. The van der Waals surface area contributed by atoms with Gasteiger partial charge in [-0.3, -0.25) is 9.79 Å². The second-order valence-corrected chi connectivity index (χ2v) is 3.39. The Labute approximate surface area is 88.4 Å². The van der Waals surface area contributed by atoms with Crippen LogP contribution in [0.3, 0.4) is 0 Å². The molecule has 0 amide bonds. The van der Waals surface area contributed by atoms with Gasteiger partial charge in [-0.1, -0.05) is 0 Å². The molecule has 1 aromatic carbocycles. The van der Waals surface area contributed by atoms with E-state index in [9.17, 15) is 4.79 Å². The maximum Gasteiger partial charge on any atom is 0.176 e. The van der Waals surface area contributed by atoms with Crippen LogP contribution >= 0.6 is 0 Å². The molecule has 1 heterocycles. The Kier molecular flexibility index (Phi) is 2.78. The third-order valence-electron chi connectivity index (χ3n) is 2.40. The Hall–Kier alpha value is -1.68. The molecule has 0 bridgehead atoms. The van der Waals surface area contributed by atoms with E-state index in [-0.39, 0.29) is 12.3 Å². The molecule has 4 heteroatoms. The molecule has 1 aliphatic rings. The molecule has 0 unspecified atom stereocenters. The molecule has 15 heavy (non-hydrogen) atoms. The molecule has 1 aliphatic heterocycles. The predicted molar refractivity (Wildman–Crippen MR) is 60.5 cm³/mol. The van der Waals surface area contributed by atoms with E-state index < -0.39 is 0 Å². The van der Waals surface area contributed by atoms with Gasteiger partial charge in [0.2, 0.25) is 0 Å². The highest BCUT2D eigenvalue weighted by atomic mass is 16.1. The average Bonchev–Trinajstić information content (AvgIpc) is 2.82.